The molecule has 0 fully saturated rings. The van der Waals surface area contributed by atoms with Crippen molar-refractivity contribution < 1.29 is 19.1 Å². The summed E-state index contributed by atoms with van der Waals surface area (Å²) in [4.78, 5) is 39.7. The average molecular weight is 410 g/mol. The van der Waals surface area contributed by atoms with Crippen molar-refractivity contribution >= 4 is 40.1 Å². The number of carbonyl (C=O) groups excluding carboxylic acids is 3. The standard InChI is InChI=1S/C20H18N4O4S/c1-12(28-18(26)14-7-9-15(10-8-14)22-19(21)27)17(25)24-20-23-16(11-29-20)13-5-3-2-4-6-13/h2-12H,1H3,(H3,21,22,27)(H,23,24,25)/t12-/m0/s1. The van der Waals surface area contributed by atoms with Gasteiger partial charge in [0.2, 0.25) is 0 Å². The van der Waals surface area contributed by atoms with Gasteiger partial charge >= 0.3 is 12.0 Å². The van der Waals surface area contributed by atoms with Crippen molar-refractivity contribution in [3.8, 4) is 11.3 Å². The second-order valence-corrected chi connectivity index (χ2v) is 6.87. The number of aromatic nitrogens is 1. The number of thiazole rings is 1. The first-order valence-electron chi connectivity index (χ1n) is 8.61. The third-order valence-electron chi connectivity index (χ3n) is 3.85. The van der Waals surface area contributed by atoms with Gasteiger partial charge in [0.15, 0.2) is 11.2 Å². The molecule has 0 unspecified atom stereocenters. The van der Waals surface area contributed by atoms with Gasteiger partial charge in [-0.2, -0.15) is 0 Å². The van der Waals surface area contributed by atoms with Gasteiger partial charge in [0, 0.05) is 16.6 Å². The van der Waals surface area contributed by atoms with E-state index in [1.807, 2.05) is 35.7 Å². The summed E-state index contributed by atoms with van der Waals surface area (Å²) in [6, 6.07) is 14.8. The molecule has 148 valence electrons. The highest BCUT2D eigenvalue weighted by Gasteiger charge is 2.20. The Morgan fingerprint density at radius 1 is 1.03 bits per heavy atom. The highest BCUT2D eigenvalue weighted by atomic mass is 32.1. The maximum Gasteiger partial charge on any atom is 0.338 e. The zero-order valence-corrected chi connectivity index (χ0v) is 16.2. The SMILES string of the molecule is C[C@H](OC(=O)c1ccc(NC(N)=O)cc1)C(=O)Nc1nc(-c2ccccc2)cs1. The van der Waals surface area contributed by atoms with Gasteiger partial charge in [-0.25, -0.2) is 14.6 Å². The van der Waals surface area contributed by atoms with Gasteiger partial charge in [-0.1, -0.05) is 30.3 Å². The molecule has 3 rings (SSSR count). The molecule has 0 aliphatic rings. The maximum atomic E-state index is 12.3. The molecular formula is C20H18N4O4S. The molecule has 0 spiro atoms. The smallest absolute Gasteiger partial charge is 0.338 e. The van der Waals surface area contributed by atoms with Crippen LogP contribution in [0.1, 0.15) is 17.3 Å². The predicted molar refractivity (Wildman–Crippen MR) is 111 cm³/mol. The molecule has 9 heteroatoms. The number of benzene rings is 2. The Morgan fingerprint density at radius 2 is 1.72 bits per heavy atom. The van der Waals surface area contributed by atoms with E-state index in [9.17, 15) is 14.4 Å². The Balaban J connectivity index is 1.57. The first-order chi connectivity index (χ1) is 13.9. The number of nitrogens with one attached hydrogen (secondary N) is 2. The topological polar surface area (TPSA) is 123 Å². The summed E-state index contributed by atoms with van der Waals surface area (Å²) in [7, 11) is 0. The lowest BCUT2D eigenvalue weighted by molar-refractivity contribution is -0.123. The van der Waals surface area contributed by atoms with Crippen LogP contribution in [0.15, 0.2) is 60.0 Å². The summed E-state index contributed by atoms with van der Waals surface area (Å²) >= 11 is 1.28. The summed E-state index contributed by atoms with van der Waals surface area (Å²) in [5.41, 5.74) is 7.40. The number of nitrogens with zero attached hydrogens (tertiary/aromatic N) is 1. The maximum absolute atomic E-state index is 12.3. The molecule has 1 atom stereocenters. The van der Waals surface area contributed by atoms with Crippen molar-refractivity contribution in [2.45, 2.75) is 13.0 Å². The van der Waals surface area contributed by atoms with Crippen molar-refractivity contribution in [3.63, 3.8) is 0 Å². The van der Waals surface area contributed by atoms with Crippen LogP contribution in [-0.4, -0.2) is 29.0 Å². The number of rotatable bonds is 6. The summed E-state index contributed by atoms with van der Waals surface area (Å²) in [5.74, 6) is -1.15. The minimum absolute atomic E-state index is 0.236. The quantitative estimate of drug-likeness (QED) is 0.537. The van der Waals surface area contributed by atoms with Crippen LogP contribution >= 0.6 is 11.3 Å². The molecule has 4 N–H and O–H groups in total. The fourth-order valence-electron chi connectivity index (χ4n) is 2.39. The molecule has 0 aliphatic heterocycles. The van der Waals surface area contributed by atoms with Crippen LogP contribution < -0.4 is 16.4 Å². The van der Waals surface area contributed by atoms with Crippen LogP contribution in [0.2, 0.25) is 0 Å². The number of hydrogen-bond acceptors (Lipinski definition) is 6. The van der Waals surface area contributed by atoms with Gasteiger partial charge in [-0.3, -0.25) is 10.1 Å². The highest BCUT2D eigenvalue weighted by Crippen LogP contribution is 2.24. The van der Waals surface area contributed by atoms with Gasteiger partial charge in [0.05, 0.1) is 11.3 Å². The van der Waals surface area contributed by atoms with E-state index in [-0.39, 0.29) is 5.56 Å². The van der Waals surface area contributed by atoms with Crippen molar-refractivity contribution in [2.24, 2.45) is 5.73 Å². The molecule has 0 bridgehead atoms. The number of anilines is 2. The van der Waals surface area contributed by atoms with E-state index < -0.39 is 24.0 Å². The molecular weight excluding hydrogens is 392 g/mol. The van der Waals surface area contributed by atoms with Gasteiger partial charge in [-0.15, -0.1) is 11.3 Å². The Morgan fingerprint density at radius 3 is 2.38 bits per heavy atom. The normalized spacial score (nSPS) is 11.3. The summed E-state index contributed by atoms with van der Waals surface area (Å²) in [6.45, 7) is 1.47. The molecule has 1 aromatic heterocycles. The molecule has 0 aliphatic carbocycles. The zero-order chi connectivity index (χ0) is 20.8. The summed E-state index contributed by atoms with van der Waals surface area (Å²) in [5, 5.41) is 7.29. The van der Waals surface area contributed by atoms with E-state index >= 15 is 0 Å². The molecule has 1 heterocycles. The lowest BCUT2D eigenvalue weighted by atomic mass is 10.2. The molecule has 3 aromatic rings. The van der Waals surface area contributed by atoms with Crippen LogP contribution in [-0.2, 0) is 9.53 Å². The van der Waals surface area contributed by atoms with Crippen molar-refractivity contribution in [2.75, 3.05) is 10.6 Å². The number of hydrogen-bond donors (Lipinski definition) is 3. The van der Waals surface area contributed by atoms with Crippen molar-refractivity contribution in [1.82, 2.24) is 4.98 Å². The third-order valence-corrected chi connectivity index (χ3v) is 4.60. The summed E-state index contributed by atoms with van der Waals surface area (Å²) < 4.78 is 5.20. The molecule has 29 heavy (non-hydrogen) atoms. The van der Waals surface area contributed by atoms with Crippen LogP contribution in [0.4, 0.5) is 15.6 Å². The predicted octanol–water partition coefficient (Wildman–Crippen LogP) is 3.48. The second kappa shape index (κ2) is 8.98. The Kier molecular flexibility index (Phi) is 6.20. The lowest BCUT2D eigenvalue weighted by Crippen LogP contribution is -2.30. The number of amides is 3. The van der Waals surface area contributed by atoms with Gasteiger partial charge in [0.25, 0.3) is 5.91 Å². The van der Waals surface area contributed by atoms with E-state index in [1.54, 1.807) is 0 Å². The number of primary amides is 1. The number of urea groups is 1. The Labute approximate surface area is 170 Å². The van der Waals surface area contributed by atoms with Crippen LogP contribution in [0, 0.1) is 0 Å². The van der Waals surface area contributed by atoms with Crippen LogP contribution in [0.3, 0.4) is 0 Å². The van der Waals surface area contributed by atoms with E-state index in [0.717, 1.165) is 11.3 Å². The Hall–Kier alpha value is -3.72. The van der Waals surface area contributed by atoms with E-state index in [2.05, 4.69) is 15.6 Å². The number of carbonyl (C=O) groups is 3. The largest absolute Gasteiger partial charge is 0.449 e. The molecule has 0 saturated heterocycles. The fourth-order valence-corrected chi connectivity index (χ4v) is 3.12. The van der Waals surface area contributed by atoms with Crippen LogP contribution in [0.25, 0.3) is 11.3 Å². The van der Waals surface area contributed by atoms with Gasteiger partial charge < -0.3 is 15.8 Å². The van der Waals surface area contributed by atoms with Crippen molar-refractivity contribution in [3.05, 3.63) is 65.5 Å². The molecule has 0 radical (unpaired) electrons. The van der Waals surface area contributed by atoms with Gasteiger partial charge in [0.1, 0.15) is 0 Å². The summed E-state index contributed by atoms with van der Waals surface area (Å²) in [6.07, 6.45) is -1.02. The molecule has 2 aromatic carbocycles. The molecule has 3 amide bonds. The lowest BCUT2D eigenvalue weighted by Gasteiger charge is -2.12. The number of ether oxygens (including phenoxy) is 1. The van der Waals surface area contributed by atoms with E-state index in [4.69, 9.17) is 10.5 Å². The average Bonchev–Trinajstić information content (AvgIpc) is 3.17. The third kappa shape index (κ3) is 5.39. The van der Waals surface area contributed by atoms with Crippen LogP contribution in [0.5, 0.6) is 0 Å². The first kappa shape index (κ1) is 20.0. The van der Waals surface area contributed by atoms with E-state index in [0.29, 0.717) is 10.8 Å². The molecule has 8 nitrogen and oxygen atoms in total. The zero-order valence-electron chi connectivity index (χ0n) is 15.4. The van der Waals surface area contributed by atoms with E-state index in [1.165, 1.54) is 42.5 Å². The minimum Gasteiger partial charge on any atom is -0.449 e. The number of nitrogens with two attached hydrogens (primary N) is 1. The minimum atomic E-state index is -1.02. The fraction of sp³-hybridized carbons (Fsp3) is 0.100. The van der Waals surface area contributed by atoms with Crippen molar-refractivity contribution in [1.29, 1.82) is 0 Å². The number of esters is 1. The second-order valence-electron chi connectivity index (χ2n) is 6.01. The molecule has 0 saturated carbocycles. The van der Waals surface area contributed by atoms with Gasteiger partial charge in [-0.05, 0) is 31.2 Å². The Bertz CT molecular complexity index is 1020. The first-order valence-corrected chi connectivity index (χ1v) is 9.49. The highest BCUT2D eigenvalue weighted by molar-refractivity contribution is 7.14. The monoisotopic (exact) mass is 410 g/mol.